The highest BCUT2D eigenvalue weighted by molar-refractivity contribution is 4.90. The molecule has 0 aromatic rings. The fraction of sp³-hybridized carbons (Fsp3) is 1.00. The Balaban J connectivity index is 2.39. The van der Waals surface area contributed by atoms with Crippen LogP contribution in [-0.2, 0) is 0 Å². The molecule has 2 atom stereocenters. The third-order valence-corrected chi connectivity index (χ3v) is 2.52. The van der Waals surface area contributed by atoms with E-state index in [1.54, 1.807) is 0 Å². The molecule has 0 aliphatic carbocycles. The maximum Gasteiger partial charge on any atom is 0.254 e. The second-order valence-electron chi connectivity index (χ2n) is 4.68. The van der Waals surface area contributed by atoms with Gasteiger partial charge in [0.25, 0.3) is 6.43 Å². The van der Waals surface area contributed by atoms with Crippen LogP contribution in [0.3, 0.4) is 0 Å². The Kier molecular flexibility index (Phi) is 3.24. The van der Waals surface area contributed by atoms with Gasteiger partial charge in [-0.25, -0.2) is 8.78 Å². The monoisotopic (exact) mass is 192 g/mol. The molecule has 1 fully saturated rings. The van der Waals surface area contributed by atoms with E-state index in [-0.39, 0.29) is 11.5 Å². The van der Waals surface area contributed by atoms with E-state index in [0.717, 1.165) is 0 Å². The average Bonchev–Trinajstić information content (AvgIpc) is 2.03. The molecule has 0 aromatic carbocycles. The van der Waals surface area contributed by atoms with Crippen molar-refractivity contribution < 1.29 is 8.78 Å². The van der Waals surface area contributed by atoms with Gasteiger partial charge >= 0.3 is 0 Å². The second kappa shape index (κ2) is 3.88. The predicted molar refractivity (Wildman–Crippen MR) is 49.0 cm³/mol. The summed E-state index contributed by atoms with van der Waals surface area (Å²) in [6.45, 7) is 7.30. The van der Waals surface area contributed by atoms with Crippen molar-refractivity contribution in [1.82, 2.24) is 10.6 Å². The van der Waals surface area contributed by atoms with Crippen LogP contribution in [0.25, 0.3) is 0 Å². The maximum atomic E-state index is 12.2. The lowest BCUT2D eigenvalue weighted by molar-refractivity contribution is 0.0734. The molecule has 0 saturated carbocycles. The molecular weight excluding hydrogens is 174 g/mol. The lowest BCUT2D eigenvalue weighted by Gasteiger charge is -2.38. The van der Waals surface area contributed by atoms with Gasteiger partial charge in [0.05, 0.1) is 6.04 Å². The molecule has 0 radical (unpaired) electrons. The van der Waals surface area contributed by atoms with Crippen molar-refractivity contribution in [1.29, 1.82) is 0 Å². The van der Waals surface area contributed by atoms with Crippen molar-refractivity contribution >= 4 is 0 Å². The van der Waals surface area contributed by atoms with Crippen molar-refractivity contribution in [3.8, 4) is 0 Å². The van der Waals surface area contributed by atoms with Gasteiger partial charge in [0.15, 0.2) is 0 Å². The van der Waals surface area contributed by atoms with E-state index in [4.69, 9.17) is 0 Å². The van der Waals surface area contributed by atoms with Gasteiger partial charge in [-0.1, -0.05) is 20.8 Å². The van der Waals surface area contributed by atoms with Gasteiger partial charge in [-0.05, 0) is 5.41 Å². The molecule has 1 heterocycles. The van der Waals surface area contributed by atoms with E-state index in [1.807, 2.05) is 0 Å². The number of hydrogen-bond acceptors (Lipinski definition) is 2. The van der Waals surface area contributed by atoms with E-state index < -0.39 is 12.5 Å². The molecule has 0 aromatic heterocycles. The average molecular weight is 192 g/mol. The van der Waals surface area contributed by atoms with Crippen molar-refractivity contribution in [3.63, 3.8) is 0 Å². The summed E-state index contributed by atoms with van der Waals surface area (Å²) in [6, 6.07) is -0.402. The first kappa shape index (κ1) is 10.9. The van der Waals surface area contributed by atoms with E-state index in [1.165, 1.54) is 0 Å². The topological polar surface area (TPSA) is 24.1 Å². The number of piperazine rings is 1. The third-order valence-electron chi connectivity index (χ3n) is 2.52. The zero-order chi connectivity index (χ0) is 10.1. The van der Waals surface area contributed by atoms with Crippen molar-refractivity contribution in [2.45, 2.75) is 39.3 Å². The molecule has 1 rings (SSSR count). The van der Waals surface area contributed by atoms with Crippen LogP contribution in [-0.4, -0.2) is 31.6 Å². The molecule has 2 unspecified atom stereocenters. The van der Waals surface area contributed by atoms with Gasteiger partial charge < -0.3 is 10.6 Å². The van der Waals surface area contributed by atoms with Crippen LogP contribution in [0.2, 0.25) is 0 Å². The summed E-state index contributed by atoms with van der Waals surface area (Å²) in [4.78, 5) is 0. The summed E-state index contributed by atoms with van der Waals surface area (Å²) in [5.74, 6) is 0. The quantitative estimate of drug-likeness (QED) is 0.653. The molecule has 1 saturated heterocycles. The van der Waals surface area contributed by atoms with E-state index in [0.29, 0.717) is 13.1 Å². The number of rotatable bonds is 1. The van der Waals surface area contributed by atoms with Gasteiger partial charge in [-0.3, -0.25) is 0 Å². The molecule has 2 nitrogen and oxygen atoms in total. The molecule has 1 aliphatic heterocycles. The molecule has 13 heavy (non-hydrogen) atoms. The summed E-state index contributed by atoms with van der Waals surface area (Å²) >= 11 is 0. The highest BCUT2D eigenvalue weighted by atomic mass is 19.3. The van der Waals surface area contributed by atoms with Crippen LogP contribution < -0.4 is 10.6 Å². The van der Waals surface area contributed by atoms with E-state index in [2.05, 4.69) is 31.4 Å². The van der Waals surface area contributed by atoms with Crippen LogP contribution in [0, 0.1) is 5.41 Å². The summed E-state index contributed by atoms with van der Waals surface area (Å²) in [5.41, 5.74) is 0.125. The lowest BCUT2D eigenvalue weighted by Crippen LogP contribution is -2.60. The minimum absolute atomic E-state index is 0.125. The third kappa shape index (κ3) is 2.88. The first-order chi connectivity index (χ1) is 5.91. The normalized spacial score (nSPS) is 30.9. The maximum absolute atomic E-state index is 12.2. The zero-order valence-electron chi connectivity index (χ0n) is 8.40. The largest absolute Gasteiger partial charge is 0.310 e. The smallest absolute Gasteiger partial charge is 0.254 e. The number of halogens is 2. The van der Waals surface area contributed by atoms with Crippen molar-refractivity contribution in [2.24, 2.45) is 5.41 Å². The molecule has 2 N–H and O–H groups in total. The number of nitrogens with one attached hydrogen (secondary N) is 2. The van der Waals surface area contributed by atoms with Gasteiger partial charge in [-0.2, -0.15) is 0 Å². The van der Waals surface area contributed by atoms with Crippen molar-refractivity contribution in [3.05, 3.63) is 0 Å². The van der Waals surface area contributed by atoms with Gasteiger partial charge in [0.2, 0.25) is 0 Å². The van der Waals surface area contributed by atoms with Gasteiger partial charge in [-0.15, -0.1) is 0 Å². The Labute approximate surface area is 78.1 Å². The van der Waals surface area contributed by atoms with Gasteiger partial charge in [0.1, 0.15) is 0 Å². The predicted octanol–water partition coefficient (Wildman–Crippen LogP) is 1.23. The van der Waals surface area contributed by atoms with Crippen LogP contribution >= 0.6 is 0 Å². The SMILES string of the molecule is CC(C)(C)C1CNC(C(F)F)CN1. The zero-order valence-corrected chi connectivity index (χ0v) is 8.40. The first-order valence-electron chi connectivity index (χ1n) is 4.66. The Bertz CT molecular complexity index is 157. The Morgan fingerprint density at radius 3 is 2.08 bits per heavy atom. The number of hydrogen-bond donors (Lipinski definition) is 2. The highest BCUT2D eigenvalue weighted by Gasteiger charge is 2.31. The molecular formula is C9H18F2N2. The summed E-state index contributed by atoms with van der Waals surface area (Å²) < 4.78 is 24.5. The Morgan fingerprint density at radius 2 is 1.77 bits per heavy atom. The lowest BCUT2D eigenvalue weighted by atomic mass is 9.85. The van der Waals surface area contributed by atoms with E-state index in [9.17, 15) is 8.78 Å². The molecule has 1 aliphatic rings. The minimum Gasteiger partial charge on any atom is -0.310 e. The summed E-state index contributed by atoms with van der Waals surface area (Å²) in [6.07, 6.45) is -2.27. The van der Waals surface area contributed by atoms with Crippen LogP contribution in [0.5, 0.6) is 0 Å². The molecule has 0 amide bonds. The van der Waals surface area contributed by atoms with Gasteiger partial charge in [0, 0.05) is 19.1 Å². The second-order valence-corrected chi connectivity index (χ2v) is 4.68. The fourth-order valence-corrected chi connectivity index (χ4v) is 1.47. The molecule has 0 bridgehead atoms. The Morgan fingerprint density at radius 1 is 1.15 bits per heavy atom. The molecule has 4 heteroatoms. The number of alkyl halides is 2. The fourth-order valence-electron chi connectivity index (χ4n) is 1.47. The van der Waals surface area contributed by atoms with Crippen LogP contribution in [0.15, 0.2) is 0 Å². The molecule has 78 valence electrons. The van der Waals surface area contributed by atoms with Crippen LogP contribution in [0.4, 0.5) is 8.78 Å². The Hall–Kier alpha value is -0.220. The van der Waals surface area contributed by atoms with E-state index >= 15 is 0 Å². The molecule has 0 spiro atoms. The first-order valence-corrected chi connectivity index (χ1v) is 4.66. The van der Waals surface area contributed by atoms with Crippen LogP contribution in [0.1, 0.15) is 20.8 Å². The summed E-state index contributed by atoms with van der Waals surface area (Å²) in [7, 11) is 0. The summed E-state index contributed by atoms with van der Waals surface area (Å²) in [5, 5.41) is 6.01. The minimum atomic E-state index is -2.27. The standard InChI is InChI=1S/C9H18F2N2/c1-9(2,3)7-5-12-6(4-13-7)8(10)11/h6-8,12-13H,4-5H2,1-3H3. The van der Waals surface area contributed by atoms with Crippen molar-refractivity contribution in [2.75, 3.05) is 13.1 Å². The highest BCUT2D eigenvalue weighted by Crippen LogP contribution is 2.20.